The molecule has 2 heterocycles. The largest absolute Gasteiger partial charge is 0.479 e. The van der Waals surface area contributed by atoms with E-state index in [4.69, 9.17) is 14.7 Å². The standard InChI is InChI=1S/C14H13N3O3/c1-3-20-14(18)10(9-15)8-11-13(19-2)16-12-6-4-5-7-17(11)12/h4-8H,3H2,1-2H3/b10-8+. The minimum absolute atomic E-state index is 0.101. The SMILES string of the molecule is CCOC(=O)/C(C#N)=C/c1c(OC)nc2ccccn12. The minimum atomic E-state index is -0.664. The van der Waals surface area contributed by atoms with E-state index in [2.05, 4.69) is 4.98 Å². The number of hydrogen-bond acceptors (Lipinski definition) is 5. The van der Waals surface area contributed by atoms with E-state index in [0.29, 0.717) is 17.2 Å². The third kappa shape index (κ3) is 2.47. The van der Waals surface area contributed by atoms with Gasteiger partial charge in [0, 0.05) is 6.20 Å². The van der Waals surface area contributed by atoms with Crippen molar-refractivity contribution in [3.05, 3.63) is 35.7 Å². The second-order valence-corrected chi connectivity index (χ2v) is 3.83. The molecule has 0 fully saturated rings. The molecule has 0 saturated carbocycles. The third-order valence-electron chi connectivity index (χ3n) is 2.62. The van der Waals surface area contributed by atoms with Crippen molar-refractivity contribution < 1.29 is 14.3 Å². The molecule has 0 spiro atoms. The Labute approximate surface area is 115 Å². The Hall–Kier alpha value is -2.81. The Morgan fingerprint density at radius 3 is 3.00 bits per heavy atom. The topological polar surface area (TPSA) is 76.6 Å². The van der Waals surface area contributed by atoms with E-state index >= 15 is 0 Å². The number of aromatic nitrogens is 2. The van der Waals surface area contributed by atoms with E-state index in [-0.39, 0.29) is 12.2 Å². The van der Waals surface area contributed by atoms with E-state index in [0.717, 1.165) is 0 Å². The number of esters is 1. The quantitative estimate of drug-likeness (QED) is 0.481. The molecule has 20 heavy (non-hydrogen) atoms. The summed E-state index contributed by atoms with van der Waals surface area (Å²) >= 11 is 0. The van der Waals surface area contributed by atoms with Crippen LogP contribution in [0.3, 0.4) is 0 Å². The van der Waals surface area contributed by atoms with Crippen LogP contribution in [-0.2, 0) is 9.53 Å². The number of pyridine rings is 1. The average Bonchev–Trinajstić information content (AvgIpc) is 2.82. The molecule has 102 valence electrons. The van der Waals surface area contributed by atoms with E-state index in [1.165, 1.54) is 13.2 Å². The van der Waals surface area contributed by atoms with E-state index in [1.807, 2.05) is 18.2 Å². The first-order valence-electron chi connectivity index (χ1n) is 6.01. The summed E-state index contributed by atoms with van der Waals surface area (Å²) in [4.78, 5) is 15.9. The molecule has 0 aliphatic rings. The Bertz CT molecular complexity index is 710. The molecular formula is C14H13N3O3. The number of carbonyl (C=O) groups excluding carboxylic acids is 1. The summed E-state index contributed by atoms with van der Waals surface area (Å²) in [5.74, 6) is -0.323. The van der Waals surface area contributed by atoms with Crippen molar-refractivity contribution in [3.63, 3.8) is 0 Å². The number of fused-ring (bicyclic) bond motifs is 1. The molecule has 0 saturated heterocycles. The van der Waals surface area contributed by atoms with Crippen molar-refractivity contribution >= 4 is 17.7 Å². The first-order chi connectivity index (χ1) is 9.71. The van der Waals surface area contributed by atoms with Crippen LogP contribution in [0, 0.1) is 11.3 Å². The van der Waals surface area contributed by atoms with Crippen molar-refractivity contribution in [3.8, 4) is 11.9 Å². The van der Waals surface area contributed by atoms with Gasteiger partial charge < -0.3 is 9.47 Å². The van der Waals surface area contributed by atoms with E-state index < -0.39 is 5.97 Å². The molecule has 0 radical (unpaired) electrons. The van der Waals surface area contributed by atoms with Gasteiger partial charge in [0.2, 0.25) is 5.88 Å². The Balaban J connectivity index is 2.56. The van der Waals surface area contributed by atoms with Crippen LogP contribution < -0.4 is 4.74 Å². The Kier molecular flexibility index (Phi) is 4.01. The molecule has 0 aliphatic heterocycles. The number of nitrogens with zero attached hydrogens (tertiary/aromatic N) is 3. The van der Waals surface area contributed by atoms with Crippen LogP contribution in [0.15, 0.2) is 30.0 Å². The second kappa shape index (κ2) is 5.89. The van der Waals surface area contributed by atoms with Gasteiger partial charge in [-0.15, -0.1) is 0 Å². The molecule has 2 rings (SSSR count). The lowest BCUT2D eigenvalue weighted by Gasteiger charge is -2.01. The summed E-state index contributed by atoms with van der Waals surface area (Å²) < 4.78 is 11.7. The normalized spacial score (nSPS) is 11.2. The highest BCUT2D eigenvalue weighted by Gasteiger charge is 2.15. The van der Waals surface area contributed by atoms with Gasteiger partial charge in [-0.2, -0.15) is 10.2 Å². The van der Waals surface area contributed by atoms with Crippen LogP contribution >= 0.6 is 0 Å². The highest BCUT2D eigenvalue weighted by Crippen LogP contribution is 2.22. The van der Waals surface area contributed by atoms with E-state index in [9.17, 15) is 4.79 Å². The lowest BCUT2D eigenvalue weighted by molar-refractivity contribution is -0.137. The van der Waals surface area contributed by atoms with Gasteiger partial charge in [0.25, 0.3) is 0 Å². The van der Waals surface area contributed by atoms with E-state index in [1.54, 1.807) is 23.6 Å². The molecule has 6 nitrogen and oxygen atoms in total. The van der Waals surface area contributed by atoms with Gasteiger partial charge in [0.1, 0.15) is 23.0 Å². The molecule has 0 aromatic carbocycles. The van der Waals surface area contributed by atoms with Gasteiger partial charge >= 0.3 is 5.97 Å². The number of hydrogen-bond donors (Lipinski definition) is 0. The molecule has 0 N–H and O–H groups in total. The molecule has 0 bridgehead atoms. The van der Waals surface area contributed by atoms with Crippen molar-refractivity contribution in [2.24, 2.45) is 0 Å². The summed E-state index contributed by atoms with van der Waals surface area (Å²) in [5, 5.41) is 9.07. The van der Waals surface area contributed by atoms with Crippen molar-refractivity contribution in [1.82, 2.24) is 9.38 Å². The molecule has 0 atom stereocenters. The zero-order valence-corrected chi connectivity index (χ0v) is 11.2. The molecule has 0 aliphatic carbocycles. The molecule has 2 aromatic rings. The fourth-order valence-electron chi connectivity index (χ4n) is 1.76. The maximum atomic E-state index is 11.7. The number of ether oxygens (including phenoxy) is 2. The van der Waals surface area contributed by atoms with Crippen LogP contribution in [0.25, 0.3) is 11.7 Å². The highest BCUT2D eigenvalue weighted by molar-refractivity contribution is 5.98. The molecule has 0 unspecified atom stereocenters. The van der Waals surface area contributed by atoms with Crippen LogP contribution in [-0.4, -0.2) is 29.1 Å². The fraction of sp³-hybridized carbons (Fsp3) is 0.214. The average molecular weight is 271 g/mol. The van der Waals surface area contributed by atoms with Crippen LogP contribution in [0.5, 0.6) is 5.88 Å². The number of nitriles is 1. The summed E-state index contributed by atoms with van der Waals surface area (Å²) in [6.07, 6.45) is 3.19. The number of carbonyl (C=O) groups is 1. The van der Waals surface area contributed by atoms with Crippen molar-refractivity contribution in [2.75, 3.05) is 13.7 Å². The van der Waals surface area contributed by atoms with Gasteiger partial charge in [0.15, 0.2) is 0 Å². The third-order valence-corrected chi connectivity index (χ3v) is 2.62. The predicted octanol–water partition coefficient (Wildman–Crippen LogP) is 1.81. The van der Waals surface area contributed by atoms with Crippen molar-refractivity contribution in [1.29, 1.82) is 5.26 Å². The summed E-state index contributed by atoms with van der Waals surface area (Å²) in [6, 6.07) is 7.29. The highest BCUT2D eigenvalue weighted by atomic mass is 16.5. The molecular weight excluding hydrogens is 258 g/mol. The summed E-state index contributed by atoms with van der Waals surface area (Å²) in [5.41, 5.74) is 1.08. The van der Waals surface area contributed by atoms with Gasteiger partial charge in [-0.3, -0.25) is 4.40 Å². The first kappa shape index (κ1) is 13.6. The van der Waals surface area contributed by atoms with Gasteiger partial charge in [-0.1, -0.05) is 6.07 Å². The van der Waals surface area contributed by atoms with Crippen LogP contribution in [0.2, 0.25) is 0 Å². The summed E-state index contributed by atoms with van der Waals surface area (Å²) in [6.45, 7) is 1.89. The molecule has 2 aromatic heterocycles. The monoisotopic (exact) mass is 271 g/mol. The lowest BCUT2D eigenvalue weighted by atomic mass is 10.2. The maximum absolute atomic E-state index is 11.7. The lowest BCUT2D eigenvalue weighted by Crippen LogP contribution is -2.06. The smallest absolute Gasteiger partial charge is 0.348 e. The zero-order valence-electron chi connectivity index (χ0n) is 11.2. The molecule has 6 heteroatoms. The second-order valence-electron chi connectivity index (χ2n) is 3.83. The first-order valence-corrected chi connectivity index (χ1v) is 6.01. The fourth-order valence-corrected chi connectivity index (χ4v) is 1.76. The molecule has 0 amide bonds. The number of imidazole rings is 1. The Morgan fingerprint density at radius 2 is 2.35 bits per heavy atom. The summed E-state index contributed by atoms with van der Waals surface area (Å²) in [7, 11) is 1.48. The Morgan fingerprint density at radius 1 is 1.55 bits per heavy atom. The number of methoxy groups -OCH3 is 1. The predicted molar refractivity (Wildman–Crippen MR) is 72.0 cm³/mol. The van der Waals surface area contributed by atoms with Gasteiger partial charge in [-0.05, 0) is 25.1 Å². The van der Waals surface area contributed by atoms with Gasteiger partial charge in [-0.25, -0.2) is 4.79 Å². The minimum Gasteiger partial charge on any atom is -0.479 e. The van der Waals surface area contributed by atoms with Crippen molar-refractivity contribution in [2.45, 2.75) is 6.92 Å². The number of rotatable bonds is 4. The van der Waals surface area contributed by atoms with Crippen LogP contribution in [0.1, 0.15) is 12.6 Å². The maximum Gasteiger partial charge on any atom is 0.348 e. The van der Waals surface area contributed by atoms with Crippen LogP contribution in [0.4, 0.5) is 0 Å². The zero-order chi connectivity index (χ0) is 14.5. The van der Waals surface area contributed by atoms with Gasteiger partial charge in [0.05, 0.1) is 13.7 Å².